The zero-order valence-corrected chi connectivity index (χ0v) is 11.8. The Hall–Kier alpha value is -2.20. The molecule has 0 saturated heterocycles. The summed E-state index contributed by atoms with van der Waals surface area (Å²) in [4.78, 5) is 12.1. The van der Waals surface area contributed by atoms with Crippen LogP contribution in [0.1, 0.15) is 34.5 Å². The second-order valence-corrected chi connectivity index (χ2v) is 4.81. The topological polar surface area (TPSA) is 49.3 Å². The minimum absolute atomic E-state index is 0.196. The van der Waals surface area contributed by atoms with Crippen LogP contribution in [0.15, 0.2) is 48.5 Å². The number of aliphatic hydroxyl groups is 1. The van der Waals surface area contributed by atoms with Crippen LogP contribution in [0, 0.1) is 5.82 Å². The van der Waals surface area contributed by atoms with E-state index in [1.165, 1.54) is 29.8 Å². The number of benzene rings is 2. The number of hydrogen-bond acceptors (Lipinski definition) is 2. The van der Waals surface area contributed by atoms with Crippen LogP contribution in [-0.4, -0.2) is 17.6 Å². The SMILES string of the molecule is CCc1ccc(C(CO)NC(=O)c2ccc(F)cc2)cc1. The molecule has 1 atom stereocenters. The Balaban J connectivity index is 2.10. The second kappa shape index (κ2) is 6.99. The fraction of sp³-hybridized carbons (Fsp3) is 0.235. The van der Waals surface area contributed by atoms with E-state index in [-0.39, 0.29) is 18.3 Å². The summed E-state index contributed by atoms with van der Waals surface area (Å²) in [5, 5.41) is 12.2. The van der Waals surface area contributed by atoms with Crippen LogP contribution in [0.4, 0.5) is 4.39 Å². The molecule has 2 rings (SSSR count). The summed E-state index contributed by atoms with van der Waals surface area (Å²) in [6, 6.07) is 12.6. The Morgan fingerprint density at radius 1 is 1.14 bits per heavy atom. The first kappa shape index (κ1) is 15.2. The van der Waals surface area contributed by atoms with Gasteiger partial charge in [-0.2, -0.15) is 0 Å². The molecule has 2 aromatic carbocycles. The molecule has 0 aromatic heterocycles. The van der Waals surface area contributed by atoms with Crippen LogP contribution in [0.5, 0.6) is 0 Å². The molecule has 0 bridgehead atoms. The molecule has 2 N–H and O–H groups in total. The molecule has 2 aromatic rings. The number of nitrogens with one attached hydrogen (secondary N) is 1. The lowest BCUT2D eigenvalue weighted by Gasteiger charge is -2.17. The molecule has 0 spiro atoms. The molecule has 0 aliphatic carbocycles. The van der Waals surface area contributed by atoms with Crippen LogP contribution >= 0.6 is 0 Å². The van der Waals surface area contributed by atoms with E-state index in [4.69, 9.17) is 0 Å². The standard InChI is InChI=1S/C17H18FNO2/c1-2-12-3-5-13(6-4-12)16(11-20)19-17(21)14-7-9-15(18)10-8-14/h3-10,16,20H,2,11H2,1H3,(H,19,21). The summed E-state index contributed by atoms with van der Waals surface area (Å²) in [5.74, 6) is -0.728. The molecule has 0 radical (unpaired) electrons. The van der Waals surface area contributed by atoms with E-state index in [0.29, 0.717) is 5.56 Å². The number of carbonyl (C=O) groups is 1. The van der Waals surface area contributed by atoms with Gasteiger partial charge in [-0.1, -0.05) is 31.2 Å². The van der Waals surface area contributed by atoms with E-state index < -0.39 is 6.04 Å². The number of hydrogen-bond donors (Lipinski definition) is 2. The molecular weight excluding hydrogens is 269 g/mol. The number of rotatable bonds is 5. The quantitative estimate of drug-likeness (QED) is 0.888. The summed E-state index contributed by atoms with van der Waals surface area (Å²) in [6.45, 7) is 1.87. The summed E-state index contributed by atoms with van der Waals surface area (Å²) < 4.78 is 12.8. The van der Waals surface area contributed by atoms with E-state index in [1.54, 1.807) is 0 Å². The Labute approximate surface area is 123 Å². The van der Waals surface area contributed by atoms with Gasteiger partial charge in [-0.25, -0.2) is 4.39 Å². The second-order valence-electron chi connectivity index (χ2n) is 4.81. The van der Waals surface area contributed by atoms with Crippen molar-refractivity contribution in [1.29, 1.82) is 0 Å². The molecule has 0 aliphatic rings. The van der Waals surface area contributed by atoms with Gasteiger partial charge in [0.25, 0.3) is 5.91 Å². The van der Waals surface area contributed by atoms with Crippen LogP contribution in [0.25, 0.3) is 0 Å². The highest BCUT2D eigenvalue weighted by Gasteiger charge is 2.14. The smallest absolute Gasteiger partial charge is 0.251 e. The molecule has 1 unspecified atom stereocenters. The zero-order valence-electron chi connectivity index (χ0n) is 11.8. The van der Waals surface area contributed by atoms with Crippen molar-refractivity contribution in [2.75, 3.05) is 6.61 Å². The van der Waals surface area contributed by atoms with Crippen molar-refractivity contribution in [1.82, 2.24) is 5.32 Å². The van der Waals surface area contributed by atoms with Crippen molar-refractivity contribution in [3.05, 3.63) is 71.0 Å². The Bertz CT molecular complexity index is 593. The van der Waals surface area contributed by atoms with E-state index in [0.717, 1.165) is 12.0 Å². The first-order chi connectivity index (χ1) is 10.1. The van der Waals surface area contributed by atoms with Crippen molar-refractivity contribution < 1.29 is 14.3 Å². The predicted molar refractivity (Wildman–Crippen MR) is 79.5 cm³/mol. The number of aryl methyl sites for hydroxylation is 1. The van der Waals surface area contributed by atoms with E-state index >= 15 is 0 Å². The third-order valence-corrected chi connectivity index (χ3v) is 3.38. The molecular formula is C17H18FNO2. The average molecular weight is 287 g/mol. The number of halogens is 1. The van der Waals surface area contributed by atoms with Crippen molar-refractivity contribution >= 4 is 5.91 Å². The Morgan fingerprint density at radius 2 is 1.76 bits per heavy atom. The van der Waals surface area contributed by atoms with Gasteiger partial charge in [0.2, 0.25) is 0 Å². The molecule has 4 heteroatoms. The largest absolute Gasteiger partial charge is 0.394 e. The molecule has 0 heterocycles. The van der Waals surface area contributed by atoms with Crippen LogP contribution in [0.3, 0.4) is 0 Å². The third kappa shape index (κ3) is 3.89. The number of aliphatic hydroxyl groups excluding tert-OH is 1. The van der Waals surface area contributed by atoms with Crippen LogP contribution in [0.2, 0.25) is 0 Å². The highest BCUT2D eigenvalue weighted by Crippen LogP contribution is 2.15. The van der Waals surface area contributed by atoms with Gasteiger partial charge in [0, 0.05) is 5.56 Å². The minimum Gasteiger partial charge on any atom is -0.394 e. The normalized spacial score (nSPS) is 12.0. The van der Waals surface area contributed by atoms with Gasteiger partial charge in [0.15, 0.2) is 0 Å². The first-order valence-electron chi connectivity index (χ1n) is 6.90. The summed E-state index contributed by atoms with van der Waals surface area (Å²) in [5.41, 5.74) is 2.39. The Morgan fingerprint density at radius 3 is 2.29 bits per heavy atom. The van der Waals surface area contributed by atoms with Gasteiger partial charge in [0.05, 0.1) is 12.6 Å². The van der Waals surface area contributed by atoms with Gasteiger partial charge in [-0.3, -0.25) is 4.79 Å². The lowest BCUT2D eigenvalue weighted by atomic mass is 10.0. The minimum atomic E-state index is -0.478. The van der Waals surface area contributed by atoms with Gasteiger partial charge in [-0.05, 0) is 41.8 Å². The highest BCUT2D eigenvalue weighted by molar-refractivity contribution is 5.94. The fourth-order valence-electron chi connectivity index (χ4n) is 2.06. The zero-order chi connectivity index (χ0) is 15.2. The van der Waals surface area contributed by atoms with Crippen molar-refractivity contribution in [2.24, 2.45) is 0 Å². The van der Waals surface area contributed by atoms with Gasteiger partial charge < -0.3 is 10.4 Å². The van der Waals surface area contributed by atoms with E-state index in [1.807, 2.05) is 24.3 Å². The molecule has 0 aliphatic heterocycles. The monoisotopic (exact) mass is 287 g/mol. The first-order valence-corrected chi connectivity index (χ1v) is 6.90. The summed E-state index contributed by atoms with van der Waals surface area (Å²) >= 11 is 0. The lowest BCUT2D eigenvalue weighted by molar-refractivity contribution is 0.0916. The highest BCUT2D eigenvalue weighted by atomic mass is 19.1. The maximum atomic E-state index is 12.8. The molecule has 110 valence electrons. The van der Waals surface area contributed by atoms with Crippen LogP contribution in [-0.2, 0) is 6.42 Å². The van der Waals surface area contributed by atoms with Crippen LogP contribution < -0.4 is 5.32 Å². The number of carbonyl (C=O) groups excluding carboxylic acids is 1. The summed E-state index contributed by atoms with van der Waals surface area (Å²) in [7, 11) is 0. The van der Waals surface area contributed by atoms with Crippen molar-refractivity contribution in [3.63, 3.8) is 0 Å². The number of amides is 1. The van der Waals surface area contributed by atoms with Gasteiger partial charge >= 0.3 is 0 Å². The maximum absolute atomic E-state index is 12.8. The molecule has 0 saturated carbocycles. The lowest BCUT2D eigenvalue weighted by Crippen LogP contribution is -2.30. The fourth-order valence-corrected chi connectivity index (χ4v) is 2.06. The molecule has 0 fully saturated rings. The molecule has 1 amide bonds. The van der Waals surface area contributed by atoms with Gasteiger partial charge in [0.1, 0.15) is 5.82 Å². The third-order valence-electron chi connectivity index (χ3n) is 3.38. The van der Waals surface area contributed by atoms with E-state index in [9.17, 15) is 14.3 Å². The Kier molecular flexibility index (Phi) is 5.06. The molecule has 21 heavy (non-hydrogen) atoms. The molecule has 3 nitrogen and oxygen atoms in total. The average Bonchev–Trinajstić information content (AvgIpc) is 2.53. The maximum Gasteiger partial charge on any atom is 0.251 e. The predicted octanol–water partition coefficient (Wildman–Crippen LogP) is 2.85. The van der Waals surface area contributed by atoms with Gasteiger partial charge in [-0.15, -0.1) is 0 Å². The van der Waals surface area contributed by atoms with Crippen molar-refractivity contribution in [2.45, 2.75) is 19.4 Å². The van der Waals surface area contributed by atoms with E-state index in [2.05, 4.69) is 12.2 Å². The van der Waals surface area contributed by atoms with Crippen molar-refractivity contribution in [3.8, 4) is 0 Å². The summed E-state index contributed by atoms with van der Waals surface area (Å²) in [6.07, 6.45) is 0.937.